The normalized spacial score (nSPS) is 19.5. The molecule has 1 saturated carbocycles. The van der Waals surface area contributed by atoms with Gasteiger partial charge in [-0.3, -0.25) is 0 Å². The lowest BCUT2D eigenvalue weighted by atomic mass is 9.85. The topological polar surface area (TPSA) is 35.5 Å². The lowest BCUT2D eigenvalue weighted by molar-refractivity contribution is -0.135. The second-order valence-electron chi connectivity index (χ2n) is 3.64. The van der Waals surface area contributed by atoms with Gasteiger partial charge in [0.05, 0.1) is 19.4 Å². The third-order valence-electron chi connectivity index (χ3n) is 2.62. The van der Waals surface area contributed by atoms with Crippen LogP contribution in [0.5, 0.6) is 0 Å². The molecule has 0 aromatic rings. The van der Waals surface area contributed by atoms with Gasteiger partial charge in [-0.05, 0) is 25.7 Å². The summed E-state index contributed by atoms with van der Waals surface area (Å²) in [4.78, 5) is 10.8. The second kappa shape index (κ2) is 5.45. The molecule has 0 amide bonds. The Morgan fingerprint density at radius 1 is 1.40 bits per heavy atom. The Kier molecular flexibility index (Phi) is 4.23. The van der Waals surface area contributed by atoms with E-state index < -0.39 is 11.6 Å². The molecule has 1 aliphatic rings. The molecule has 0 unspecified atom stereocenters. The fourth-order valence-corrected chi connectivity index (χ4v) is 1.71. The van der Waals surface area contributed by atoms with Crippen LogP contribution >= 0.6 is 0 Å². The molecule has 1 rings (SSSR count). The third kappa shape index (κ3) is 3.32. The molecule has 1 aliphatic carbocycles. The van der Waals surface area contributed by atoms with Crippen molar-refractivity contribution in [3.63, 3.8) is 0 Å². The van der Waals surface area contributed by atoms with E-state index in [1.54, 1.807) is 0 Å². The van der Waals surface area contributed by atoms with Crippen molar-refractivity contribution in [2.75, 3.05) is 7.11 Å². The lowest BCUT2D eigenvalue weighted by Crippen LogP contribution is -2.31. The van der Waals surface area contributed by atoms with Crippen LogP contribution in [0, 0.1) is 12.3 Å². The number of rotatable bonds is 3. The summed E-state index contributed by atoms with van der Waals surface area (Å²) in [6, 6.07) is 0. The Labute approximate surface area is 90.4 Å². The van der Waals surface area contributed by atoms with Gasteiger partial charge >= 0.3 is 5.97 Å². The van der Waals surface area contributed by atoms with Gasteiger partial charge in [0.15, 0.2) is 5.60 Å². The summed E-state index contributed by atoms with van der Waals surface area (Å²) < 4.78 is 9.92. The molecule has 0 bridgehead atoms. The first-order valence-electron chi connectivity index (χ1n) is 5.12. The molecule has 0 aromatic heterocycles. The van der Waals surface area contributed by atoms with Crippen LogP contribution in [0.3, 0.4) is 0 Å². The van der Waals surface area contributed by atoms with Gasteiger partial charge in [0, 0.05) is 0 Å². The maximum absolute atomic E-state index is 10.8. The molecule has 0 spiro atoms. The average Bonchev–Trinajstić information content (AvgIpc) is 2.30. The molecule has 0 heterocycles. The Morgan fingerprint density at radius 3 is 2.60 bits per heavy atom. The maximum Gasteiger partial charge on any atom is 0.333 e. The van der Waals surface area contributed by atoms with E-state index in [9.17, 15) is 4.79 Å². The smallest absolute Gasteiger partial charge is 0.333 e. The van der Waals surface area contributed by atoms with Crippen LogP contribution in [0.2, 0.25) is 0 Å². The minimum absolute atomic E-state index is 0.432. The van der Waals surface area contributed by atoms with Gasteiger partial charge in [0.25, 0.3) is 0 Å². The number of methoxy groups -OCH3 is 1. The predicted molar refractivity (Wildman–Crippen MR) is 56.9 cm³/mol. The lowest BCUT2D eigenvalue weighted by Gasteiger charge is -2.31. The maximum atomic E-state index is 10.8. The quantitative estimate of drug-likeness (QED) is 0.308. The zero-order valence-electron chi connectivity index (χ0n) is 8.99. The summed E-state index contributed by atoms with van der Waals surface area (Å²) in [5.41, 5.74) is -0.511. The average molecular weight is 208 g/mol. The van der Waals surface area contributed by atoms with Gasteiger partial charge in [-0.1, -0.05) is 12.3 Å². The minimum atomic E-state index is -0.511. The first-order valence-corrected chi connectivity index (χ1v) is 5.12. The zero-order valence-corrected chi connectivity index (χ0v) is 8.99. The van der Waals surface area contributed by atoms with E-state index in [1.165, 1.54) is 25.9 Å². The highest BCUT2D eigenvalue weighted by molar-refractivity contribution is 5.81. The molecule has 0 atom stereocenters. The van der Waals surface area contributed by atoms with Gasteiger partial charge in [0.2, 0.25) is 0 Å². The van der Waals surface area contributed by atoms with Crippen LogP contribution in [-0.4, -0.2) is 18.7 Å². The number of ether oxygens (including phenoxy) is 2. The summed E-state index contributed by atoms with van der Waals surface area (Å²) in [6.45, 7) is 0. The fraction of sp³-hybridized carbons (Fsp3) is 0.583. The van der Waals surface area contributed by atoms with E-state index in [1.807, 2.05) is 0 Å². The summed E-state index contributed by atoms with van der Waals surface area (Å²) in [5, 5.41) is 0. The monoisotopic (exact) mass is 208 g/mol. The molecule has 0 saturated heterocycles. The summed E-state index contributed by atoms with van der Waals surface area (Å²) in [7, 11) is 1.32. The molecular weight excluding hydrogens is 192 g/mol. The molecular formula is C12H16O3. The van der Waals surface area contributed by atoms with Crippen molar-refractivity contribution in [3.8, 4) is 12.3 Å². The number of hydrogen-bond acceptors (Lipinski definition) is 3. The number of carbonyl (C=O) groups excluding carboxylic acids is 1. The van der Waals surface area contributed by atoms with Crippen molar-refractivity contribution in [2.24, 2.45) is 0 Å². The molecule has 3 heteroatoms. The predicted octanol–water partition coefficient (Wildman–Crippen LogP) is 2.03. The Morgan fingerprint density at radius 2 is 2.07 bits per heavy atom. The Bertz CT molecular complexity index is 280. The molecule has 0 radical (unpaired) electrons. The van der Waals surface area contributed by atoms with E-state index in [-0.39, 0.29) is 0 Å². The molecule has 0 aliphatic heterocycles. The summed E-state index contributed by atoms with van der Waals surface area (Å²) >= 11 is 0. The molecule has 3 nitrogen and oxygen atoms in total. The van der Waals surface area contributed by atoms with Crippen molar-refractivity contribution < 1.29 is 14.3 Å². The summed E-state index contributed by atoms with van der Waals surface area (Å²) in [6.07, 6.45) is 13.1. The molecule has 1 fully saturated rings. The first-order chi connectivity index (χ1) is 7.22. The van der Waals surface area contributed by atoms with Crippen LogP contribution in [0.25, 0.3) is 0 Å². The highest BCUT2D eigenvalue weighted by Gasteiger charge is 2.30. The van der Waals surface area contributed by atoms with E-state index in [2.05, 4.69) is 10.7 Å². The van der Waals surface area contributed by atoms with E-state index in [0.29, 0.717) is 0 Å². The highest BCUT2D eigenvalue weighted by Crippen LogP contribution is 2.31. The van der Waals surface area contributed by atoms with Crippen LogP contribution in [-0.2, 0) is 14.3 Å². The van der Waals surface area contributed by atoms with Crippen LogP contribution < -0.4 is 0 Å². The van der Waals surface area contributed by atoms with Crippen molar-refractivity contribution in [1.29, 1.82) is 0 Å². The largest absolute Gasteiger partial charge is 0.482 e. The van der Waals surface area contributed by atoms with Gasteiger partial charge in [-0.15, -0.1) is 6.42 Å². The minimum Gasteiger partial charge on any atom is -0.482 e. The number of hydrogen-bond donors (Lipinski definition) is 0. The van der Waals surface area contributed by atoms with E-state index >= 15 is 0 Å². The van der Waals surface area contributed by atoms with Crippen LogP contribution in [0.1, 0.15) is 32.1 Å². The van der Waals surface area contributed by atoms with Crippen LogP contribution in [0.4, 0.5) is 0 Å². The standard InChI is InChI=1S/C12H16O3/c1-3-12(8-5-4-6-9-12)15-10-7-11(13)14-2/h1,7,10H,4-6,8-9H2,2H3/b10-7+. The molecule has 82 valence electrons. The zero-order chi connectivity index (χ0) is 11.1. The number of terminal acetylenes is 1. The number of esters is 1. The van der Waals surface area contributed by atoms with Crippen molar-refractivity contribution in [1.82, 2.24) is 0 Å². The van der Waals surface area contributed by atoms with Crippen LogP contribution in [0.15, 0.2) is 12.3 Å². The fourth-order valence-electron chi connectivity index (χ4n) is 1.71. The van der Waals surface area contributed by atoms with Gasteiger partial charge in [-0.25, -0.2) is 4.79 Å². The number of carbonyl (C=O) groups is 1. The molecule has 0 aromatic carbocycles. The Hall–Kier alpha value is -1.43. The van der Waals surface area contributed by atoms with Crippen molar-refractivity contribution in [3.05, 3.63) is 12.3 Å². The van der Waals surface area contributed by atoms with E-state index in [0.717, 1.165) is 25.7 Å². The van der Waals surface area contributed by atoms with Gasteiger partial charge in [0.1, 0.15) is 0 Å². The SMILES string of the molecule is C#CC1(O/C=C/C(=O)OC)CCCCC1. The van der Waals surface area contributed by atoms with E-state index in [4.69, 9.17) is 11.2 Å². The third-order valence-corrected chi connectivity index (χ3v) is 2.62. The Balaban J connectivity index is 2.50. The van der Waals surface area contributed by atoms with Gasteiger partial charge in [-0.2, -0.15) is 0 Å². The van der Waals surface area contributed by atoms with Gasteiger partial charge < -0.3 is 9.47 Å². The first kappa shape index (κ1) is 11.6. The second-order valence-corrected chi connectivity index (χ2v) is 3.64. The van der Waals surface area contributed by atoms with Crippen molar-refractivity contribution >= 4 is 5.97 Å². The summed E-state index contributed by atoms with van der Waals surface area (Å²) in [5.74, 6) is 2.25. The molecule has 15 heavy (non-hydrogen) atoms. The highest BCUT2D eigenvalue weighted by atomic mass is 16.5. The molecule has 0 N–H and O–H groups in total. The van der Waals surface area contributed by atoms with Crippen molar-refractivity contribution in [2.45, 2.75) is 37.7 Å².